The first-order valence-corrected chi connectivity index (χ1v) is 8.79. The van der Waals surface area contributed by atoms with E-state index >= 15 is 0 Å². The lowest BCUT2D eigenvalue weighted by atomic mass is 9.85. The molecule has 2 aromatic rings. The summed E-state index contributed by atoms with van der Waals surface area (Å²) in [7, 11) is 4.86. The summed E-state index contributed by atoms with van der Waals surface area (Å²) in [5, 5.41) is 9.76. The van der Waals surface area contributed by atoms with Gasteiger partial charge in [0.1, 0.15) is 0 Å². The van der Waals surface area contributed by atoms with E-state index in [4.69, 9.17) is 18.9 Å². The van der Waals surface area contributed by atoms with Gasteiger partial charge in [0.15, 0.2) is 23.0 Å². The minimum Gasteiger partial charge on any atom is -0.504 e. The van der Waals surface area contributed by atoms with Crippen LogP contribution in [0.3, 0.4) is 0 Å². The summed E-state index contributed by atoms with van der Waals surface area (Å²) in [4.78, 5) is 0. The molecule has 0 bridgehead atoms. The van der Waals surface area contributed by atoms with Gasteiger partial charge in [0.2, 0.25) is 0 Å². The molecule has 2 aromatic carbocycles. The molecule has 1 fully saturated rings. The van der Waals surface area contributed by atoms with Gasteiger partial charge < -0.3 is 24.1 Å². The molecule has 1 heterocycles. The summed E-state index contributed by atoms with van der Waals surface area (Å²) in [6.07, 6.45) is 1.83. The smallest absolute Gasteiger partial charge is 0.160 e. The van der Waals surface area contributed by atoms with Crippen LogP contribution in [0.1, 0.15) is 11.1 Å². The van der Waals surface area contributed by atoms with Gasteiger partial charge in [0, 0.05) is 0 Å². The minimum atomic E-state index is 0.167. The average Bonchev–Trinajstić information content (AvgIpc) is 3.09. The number of benzene rings is 2. The maximum Gasteiger partial charge on any atom is 0.160 e. The average molecular weight is 358 g/mol. The fraction of sp³-hybridized carbons (Fsp3) is 0.429. The van der Waals surface area contributed by atoms with E-state index in [1.165, 1.54) is 5.56 Å². The fourth-order valence-corrected chi connectivity index (χ4v) is 3.56. The lowest BCUT2D eigenvalue weighted by molar-refractivity contribution is 0.180. The van der Waals surface area contributed by atoms with Crippen LogP contribution in [0.2, 0.25) is 0 Å². The molecule has 0 radical (unpaired) electrons. The Hall–Kier alpha value is -2.40. The minimum absolute atomic E-state index is 0.167. The number of phenolic OH excluding ortho intramolecular Hbond substituents is 1. The molecule has 0 amide bonds. The van der Waals surface area contributed by atoms with E-state index in [1.54, 1.807) is 27.4 Å². The van der Waals surface area contributed by atoms with Gasteiger partial charge in [-0.1, -0.05) is 12.1 Å². The molecule has 1 aliphatic heterocycles. The predicted octanol–water partition coefficient (Wildman–Crippen LogP) is 3.47. The van der Waals surface area contributed by atoms with Crippen molar-refractivity contribution in [3.8, 4) is 23.0 Å². The Morgan fingerprint density at radius 1 is 0.808 bits per heavy atom. The van der Waals surface area contributed by atoms with Crippen LogP contribution in [0.25, 0.3) is 0 Å². The van der Waals surface area contributed by atoms with Crippen LogP contribution < -0.4 is 14.2 Å². The van der Waals surface area contributed by atoms with Gasteiger partial charge in [-0.15, -0.1) is 0 Å². The monoisotopic (exact) mass is 358 g/mol. The van der Waals surface area contributed by atoms with Crippen LogP contribution in [0.5, 0.6) is 23.0 Å². The van der Waals surface area contributed by atoms with Crippen LogP contribution in [-0.2, 0) is 17.6 Å². The lowest BCUT2D eigenvalue weighted by Crippen LogP contribution is -2.17. The van der Waals surface area contributed by atoms with E-state index in [1.807, 2.05) is 24.3 Å². The lowest BCUT2D eigenvalue weighted by Gasteiger charge is -2.19. The molecule has 5 nitrogen and oxygen atoms in total. The van der Waals surface area contributed by atoms with Gasteiger partial charge in [-0.25, -0.2) is 0 Å². The molecule has 1 N–H and O–H groups in total. The fourth-order valence-electron chi connectivity index (χ4n) is 3.56. The van der Waals surface area contributed by atoms with E-state index in [9.17, 15) is 5.11 Å². The third-order valence-corrected chi connectivity index (χ3v) is 5.02. The van der Waals surface area contributed by atoms with E-state index in [-0.39, 0.29) is 5.75 Å². The van der Waals surface area contributed by atoms with Gasteiger partial charge in [0.25, 0.3) is 0 Å². The summed E-state index contributed by atoms with van der Waals surface area (Å²) < 4.78 is 21.7. The standard InChI is InChI=1S/C21H26O5/c1-23-19-7-5-15(11-21(19)25-3)9-17-13-26-12-16(17)8-14-4-6-18(22)20(10-14)24-2/h4-7,10-11,16-17,22H,8-9,12-13H2,1-3H3. The van der Waals surface area contributed by atoms with Crippen molar-refractivity contribution < 1.29 is 24.1 Å². The van der Waals surface area contributed by atoms with Crippen molar-refractivity contribution in [3.05, 3.63) is 47.5 Å². The molecule has 0 spiro atoms. The number of hydrogen-bond acceptors (Lipinski definition) is 5. The molecule has 2 unspecified atom stereocenters. The molecule has 0 aromatic heterocycles. The number of aromatic hydroxyl groups is 1. The van der Waals surface area contributed by atoms with Crippen LogP contribution in [0, 0.1) is 11.8 Å². The first-order chi connectivity index (χ1) is 12.6. The van der Waals surface area contributed by atoms with Gasteiger partial charge in [-0.2, -0.15) is 0 Å². The molecule has 26 heavy (non-hydrogen) atoms. The number of ether oxygens (including phenoxy) is 4. The Bertz CT molecular complexity index is 743. The van der Waals surface area contributed by atoms with Crippen LogP contribution in [0.4, 0.5) is 0 Å². The first kappa shape index (κ1) is 18.4. The highest BCUT2D eigenvalue weighted by Gasteiger charge is 2.29. The molecule has 140 valence electrons. The Balaban J connectivity index is 1.70. The number of rotatable bonds is 7. The second-order valence-electron chi connectivity index (χ2n) is 6.66. The summed E-state index contributed by atoms with van der Waals surface area (Å²) in [6, 6.07) is 11.6. The zero-order valence-corrected chi connectivity index (χ0v) is 15.5. The van der Waals surface area contributed by atoms with Crippen molar-refractivity contribution in [2.24, 2.45) is 11.8 Å². The number of hydrogen-bond donors (Lipinski definition) is 1. The van der Waals surface area contributed by atoms with Gasteiger partial charge in [-0.3, -0.25) is 0 Å². The molecular weight excluding hydrogens is 332 g/mol. The summed E-state index contributed by atoms with van der Waals surface area (Å²) in [5.74, 6) is 3.04. The largest absolute Gasteiger partial charge is 0.504 e. The van der Waals surface area contributed by atoms with Crippen molar-refractivity contribution in [1.29, 1.82) is 0 Å². The molecule has 0 aliphatic carbocycles. The Morgan fingerprint density at radius 3 is 1.92 bits per heavy atom. The van der Waals surface area contributed by atoms with E-state index in [0.717, 1.165) is 43.1 Å². The van der Waals surface area contributed by atoms with Crippen LogP contribution in [-0.4, -0.2) is 39.6 Å². The van der Waals surface area contributed by atoms with Crippen molar-refractivity contribution in [2.75, 3.05) is 34.5 Å². The quantitative estimate of drug-likeness (QED) is 0.821. The molecule has 0 saturated carbocycles. The predicted molar refractivity (Wildman–Crippen MR) is 99.4 cm³/mol. The summed E-state index contributed by atoms with van der Waals surface area (Å²) in [5.41, 5.74) is 2.36. The van der Waals surface area contributed by atoms with Crippen LogP contribution in [0.15, 0.2) is 36.4 Å². The van der Waals surface area contributed by atoms with Crippen molar-refractivity contribution in [1.82, 2.24) is 0 Å². The molecule has 1 saturated heterocycles. The molecule has 3 rings (SSSR count). The third kappa shape index (κ3) is 4.05. The van der Waals surface area contributed by atoms with Gasteiger partial charge in [0.05, 0.1) is 34.5 Å². The second-order valence-corrected chi connectivity index (χ2v) is 6.66. The SMILES string of the molecule is COc1cc(CC2COCC2Cc2ccc(OC)c(OC)c2)ccc1O. The summed E-state index contributed by atoms with van der Waals surface area (Å²) in [6.45, 7) is 1.51. The second kappa shape index (κ2) is 8.32. The van der Waals surface area contributed by atoms with E-state index in [2.05, 4.69) is 6.07 Å². The Labute approximate surface area is 154 Å². The highest BCUT2D eigenvalue weighted by atomic mass is 16.5. The van der Waals surface area contributed by atoms with Crippen molar-refractivity contribution in [2.45, 2.75) is 12.8 Å². The van der Waals surface area contributed by atoms with E-state index < -0.39 is 0 Å². The van der Waals surface area contributed by atoms with Gasteiger partial charge in [-0.05, 0) is 60.1 Å². The van der Waals surface area contributed by atoms with Crippen molar-refractivity contribution >= 4 is 0 Å². The highest BCUT2D eigenvalue weighted by molar-refractivity contribution is 5.43. The normalized spacial score (nSPS) is 19.3. The first-order valence-electron chi connectivity index (χ1n) is 8.79. The topological polar surface area (TPSA) is 57.2 Å². The molecule has 1 aliphatic rings. The maximum absolute atomic E-state index is 9.76. The van der Waals surface area contributed by atoms with Crippen LogP contribution >= 0.6 is 0 Å². The number of phenols is 1. The Morgan fingerprint density at radius 2 is 1.35 bits per heavy atom. The summed E-state index contributed by atoms with van der Waals surface area (Å²) >= 11 is 0. The zero-order valence-electron chi connectivity index (χ0n) is 15.5. The maximum atomic E-state index is 9.76. The third-order valence-electron chi connectivity index (χ3n) is 5.02. The van der Waals surface area contributed by atoms with Crippen molar-refractivity contribution in [3.63, 3.8) is 0 Å². The molecule has 5 heteroatoms. The Kier molecular flexibility index (Phi) is 5.89. The molecular formula is C21H26O5. The highest BCUT2D eigenvalue weighted by Crippen LogP contribution is 2.33. The van der Waals surface area contributed by atoms with Gasteiger partial charge >= 0.3 is 0 Å². The zero-order chi connectivity index (χ0) is 18.5. The molecule has 2 atom stereocenters. The number of methoxy groups -OCH3 is 3. The van der Waals surface area contributed by atoms with E-state index in [0.29, 0.717) is 17.6 Å².